The van der Waals surface area contributed by atoms with E-state index < -0.39 is 21.8 Å². The fraction of sp³-hybridized carbons (Fsp3) is 0.731. The molecule has 0 aliphatic rings. The Labute approximate surface area is 207 Å². The zero-order valence-electron chi connectivity index (χ0n) is 21.2. The summed E-state index contributed by atoms with van der Waals surface area (Å²) in [5, 5.41) is 5.84. The lowest BCUT2D eigenvalue weighted by Gasteiger charge is -2.13. The van der Waals surface area contributed by atoms with Crippen LogP contribution in [-0.2, 0) is 10.1 Å². The van der Waals surface area contributed by atoms with Crippen LogP contribution in [0.15, 0.2) is 18.2 Å². The lowest BCUT2D eigenvalue weighted by atomic mass is 10.0. The van der Waals surface area contributed by atoms with E-state index in [-0.39, 0.29) is 6.54 Å². The summed E-state index contributed by atoms with van der Waals surface area (Å²) >= 11 is 0. The first kappa shape index (κ1) is 30.2. The van der Waals surface area contributed by atoms with Gasteiger partial charge in [-0.25, -0.2) is 0 Å². The number of carbonyl (C=O) groups is 1. The molecular weight excluding hydrogens is 452 g/mol. The molecule has 0 saturated heterocycles. The Morgan fingerprint density at radius 1 is 0.853 bits per heavy atom. The molecule has 34 heavy (non-hydrogen) atoms. The molecule has 0 saturated carbocycles. The second-order valence-corrected chi connectivity index (χ2v) is 10.6. The van der Waals surface area contributed by atoms with E-state index in [1.54, 1.807) is 25.3 Å². The van der Waals surface area contributed by atoms with Gasteiger partial charge in [0.05, 0.1) is 18.6 Å². The summed E-state index contributed by atoms with van der Waals surface area (Å²) in [6.07, 6.45) is 18.7. The number of amides is 1. The molecule has 0 atom stereocenters. The van der Waals surface area contributed by atoms with Gasteiger partial charge in [-0.15, -0.1) is 0 Å². The molecule has 196 valence electrons. The summed E-state index contributed by atoms with van der Waals surface area (Å²) in [6.45, 7) is 2.95. The summed E-state index contributed by atoms with van der Waals surface area (Å²) in [5.41, 5.74) is 1.20. The van der Waals surface area contributed by atoms with E-state index in [2.05, 4.69) is 17.6 Å². The molecule has 8 heteroatoms. The summed E-state index contributed by atoms with van der Waals surface area (Å²) in [4.78, 5) is 12.2. The van der Waals surface area contributed by atoms with Crippen molar-refractivity contribution in [2.45, 2.75) is 96.8 Å². The number of unbranched alkanes of at least 4 members (excludes halogenated alkanes) is 13. The molecule has 0 radical (unpaired) electrons. The molecule has 1 amide bonds. The van der Waals surface area contributed by atoms with Crippen molar-refractivity contribution in [1.29, 1.82) is 0 Å². The second kappa shape index (κ2) is 18.5. The quantitative estimate of drug-likeness (QED) is 0.138. The second-order valence-electron chi connectivity index (χ2n) is 8.98. The molecule has 0 bridgehead atoms. The van der Waals surface area contributed by atoms with Crippen LogP contribution in [0.2, 0.25) is 0 Å². The van der Waals surface area contributed by atoms with Crippen LogP contribution in [0.25, 0.3) is 0 Å². The van der Waals surface area contributed by atoms with Crippen LogP contribution in [-0.4, -0.2) is 44.8 Å². The minimum atomic E-state index is -4.10. The van der Waals surface area contributed by atoms with Gasteiger partial charge in [-0.2, -0.15) is 8.42 Å². The highest BCUT2D eigenvalue weighted by Gasteiger charge is 2.11. The maximum Gasteiger partial charge on any atom is 0.266 e. The molecule has 1 rings (SSSR count). The molecule has 0 aromatic heterocycles. The smallest absolute Gasteiger partial charge is 0.266 e. The topological polar surface area (TPSA) is 105 Å². The lowest BCUT2D eigenvalue weighted by Crippen LogP contribution is -2.28. The number of nitrogens with one attached hydrogen (secondary N) is 2. The van der Waals surface area contributed by atoms with Crippen molar-refractivity contribution in [3.63, 3.8) is 0 Å². The van der Waals surface area contributed by atoms with Gasteiger partial charge in [-0.3, -0.25) is 9.35 Å². The first-order valence-corrected chi connectivity index (χ1v) is 14.6. The normalized spacial score (nSPS) is 11.4. The number of benzene rings is 1. The Kier molecular flexibility index (Phi) is 16.5. The summed E-state index contributed by atoms with van der Waals surface area (Å²) in [5.74, 6) is -0.373. The number of hydrogen-bond acceptors (Lipinski definition) is 5. The van der Waals surface area contributed by atoms with Crippen molar-refractivity contribution in [2.24, 2.45) is 0 Å². The predicted octanol–water partition coefficient (Wildman–Crippen LogP) is 6.21. The van der Waals surface area contributed by atoms with Crippen molar-refractivity contribution in [2.75, 3.05) is 31.3 Å². The fourth-order valence-corrected chi connectivity index (χ4v) is 4.28. The van der Waals surface area contributed by atoms with Crippen molar-refractivity contribution in [3.05, 3.63) is 23.8 Å². The average molecular weight is 499 g/mol. The Morgan fingerprint density at radius 3 is 1.88 bits per heavy atom. The van der Waals surface area contributed by atoms with E-state index in [4.69, 9.17) is 9.29 Å². The standard InChI is InChI=1S/C26H46N2O5S/c1-3-4-5-6-7-8-9-10-11-12-13-14-15-16-19-27-24-18-17-23(22-25(24)33-2)26(29)28-20-21-34(30,31)32/h17-18,22,27H,3-16,19-21H2,1-2H3,(H,28,29)(H,30,31,32). The van der Waals surface area contributed by atoms with E-state index in [1.165, 1.54) is 83.5 Å². The summed E-state index contributed by atoms with van der Waals surface area (Å²) in [7, 11) is -2.55. The van der Waals surface area contributed by atoms with Gasteiger partial charge in [-0.05, 0) is 24.6 Å². The number of ether oxygens (including phenoxy) is 1. The van der Waals surface area contributed by atoms with Gasteiger partial charge in [0, 0.05) is 18.7 Å². The maximum atomic E-state index is 12.2. The van der Waals surface area contributed by atoms with Gasteiger partial charge in [0.25, 0.3) is 16.0 Å². The van der Waals surface area contributed by atoms with Crippen LogP contribution in [0.4, 0.5) is 5.69 Å². The summed E-state index contributed by atoms with van der Waals surface area (Å²) < 4.78 is 35.6. The number of rotatable bonds is 21. The van der Waals surface area contributed by atoms with Gasteiger partial charge in [0.1, 0.15) is 5.75 Å². The number of methoxy groups -OCH3 is 1. The Bertz CT molecular complexity index is 783. The number of anilines is 1. The average Bonchev–Trinajstić information content (AvgIpc) is 2.80. The van der Waals surface area contributed by atoms with Crippen molar-refractivity contribution < 1.29 is 22.5 Å². The van der Waals surface area contributed by atoms with Gasteiger partial charge >= 0.3 is 0 Å². The molecule has 7 nitrogen and oxygen atoms in total. The molecule has 0 aliphatic heterocycles. The van der Waals surface area contributed by atoms with Crippen molar-refractivity contribution >= 4 is 21.7 Å². The van der Waals surface area contributed by atoms with Gasteiger partial charge in [-0.1, -0.05) is 90.4 Å². The van der Waals surface area contributed by atoms with Gasteiger partial charge in [0.15, 0.2) is 0 Å². The Balaban J connectivity index is 2.13. The number of hydrogen-bond donors (Lipinski definition) is 3. The van der Waals surface area contributed by atoms with Crippen LogP contribution >= 0.6 is 0 Å². The first-order valence-electron chi connectivity index (χ1n) is 13.0. The minimum absolute atomic E-state index is 0.154. The van der Waals surface area contributed by atoms with E-state index in [9.17, 15) is 13.2 Å². The molecule has 1 aromatic carbocycles. The highest BCUT2D eigenvalue weighted by Crippen LogP contribution is 2.25. The molecular formula is C26H46N2O5S. The van der Waals surface area contributed by atoms with Crippen LogP contribution in [0.1, 0.15) is 107 Å². The molecule has 0 fully saturated rings. The molecule has 0 spiro atoms. The molecule has 0 heterocycles. The third kappa shape index (κ3) is 15.2. The predicted molar refractivity (Wildman–Crippen MR) is 141 cm³/mol. The van der Waals surface area contributed by atoms with Crippen LogP contribution < -0.4 is 15.4 Å². The molecule has 1 aromatic rings. The van der Waals surface area contributed by atoms with Crippen LogP contribution in [0.3, 0.4) is 0 Å². The lowest BCUT2D eigenvalue weighted by molar-refractivity contribution is 0.0955. The molecule has 0 unspecified atom stereocenters. The van der Waals surface area contributed by atoms with E-state index in [0.717, 1.165) is 18.7 Å². The van der Waals surface area contributed by atoms with Crippen molar-refractivity contribution in [1.82, 2.24) is 5.32 Å². The number of carbonyl (C=O) groups excluding carboxylic acids is 1. The maximum absolute atomic E-state index is 12.2. The highest BCUT2D eigenvalue weighted by molar-refractivity contribution is 7.85. The SMILES string of the molecule is CCCCCCCCCCCCCCCCNc1ccc(C(=O)NCCS(=O)(=O)O)cc1OC. The summed E-state index contributed by atoms with van der Waals surface area (Å²) in [6, 6.07) is 5.08. The van der Waals surface area contributed by atoms with Gasteiger partial charge in [0.2, 0.25) is 0 Å². The van der Waals surface area contributed by atoms with Crippen LogP contribution in [0, 0.1) is 0 Å². The van der Waals surface area contributed by atoms with Gasteiger partial charge < -0.3 is 15.4 Å². The zero-order valence-corrected chi connectivity index (χ0v) is 22.1. The Morgan fingerprint density at radius 2 is 1.38 bits per heavy atom. The molecule has 0 aliphatic carbocycles. The van der Waals surface area contributed by atoms with Crippen molar-refractivity contribution in [3.8, 4) is 5.75 Å². The van der Waals surface area contributed by atoms with Crippen LogP contribution in [0.5, 0.6) is 5.75 Å². The van der Waals surface area contributed by atoms with E-state index in [1.807, 2.05) is 0 Å². The van der Waals surface area contributed by atoms with E-state index in [0.29, 0.717) is 11.3 Å². The fourth-order valence-electron chi connectivity index (χ4n) is 3.92. The molecule has 3 N–H and O–H groups in total. The van der Waals surface area contributed by atoms with E-state index >= 15 is 0 Å². The third-order valence-electron chi connectivity index (χ3n) is 5.96. The Hall–Kier alpha value is -1.80. The zero-order chi connectivity index (χ0) is 25.1. The monoisotopic (exact) mass is 498 g/mol. The largest absolute Gasteiger partial charge is 0.495 e. The highest BCUT2D eigenvalue weighted by atomic mass is 32.2. The first-order chi connectivity index (χ1) is 16.4. The minimum Gasteiger partial charge on any atom is -0.495 e. The third-order valence-corrected chi connectivity index (χ3v) is 6.68.